The van der Waals surface area contributed by atoms with Crippen molar-refractivity contribution in [3.05, 3.63) is 32.7 Å². The summed E-state index contributed by atoms with van der Waals surface area (Å²) in [5.41, 5.74) is 5.21. The van der Waals surface area contributed by atoms with E-state index in [0.717, 1.165) is 0 Å². The van der Waals surface area contributed by atoms with Crippen LogP contribution in [0.15, 0.2) is 21.4 Å². The molecule has 0 spiro atoms. The lowest BCUT2D eigenvalue weighted by Gasteiger charge is -1.96. The van der Waals surface area contributed by atoms with Crippen LogP contribution in [0.2, 0.25) is 0 Å². The van der Waals surface area contributed by atoms with Crippen LogP contribution in [0.4, 0.5) is 0 Å². The van der Waals surface area contributed by atoms with Gasteiger partial charge in [0.1, 0.15) is 0 Å². The quantitative estimate of drug-likeness (QED) is 0.760. The minimum atomic E-state index is -0.465. The minimum Gasteiger partial charge on any atom is -0.369 e. The van der Waals surface area contributed by atoms with E-state index < -0.39 is 5.91 Å². The number of carbonyl (C=O) groups is 1. The highest BCUT2D eigenvalue weighted by Crippen LogP contribution is 2.01. The van der Waals surface area contributed by atoms with Crippen LogP contribution in [-0.4, -0.2) is 10.9 Å². The number of halogens is 1. The van der Waals surface area contributed by atoms with E-state index in [4.69, 9.17) is 5.73 Å². The summed E-state index contributed by atoms with van der Waals surface area (Å²) in [5.74, 6) is -0.465. The second-order valence-electron chi connectivity index (χ2n) is 2.30. The van der Waals surface area contributed by atoms with Crippen molar-refractivity contribution in [3.63, 3.8) is 0 Å². The summed E-state index contributed by atoms with van der Waals surface area (Å²) in [4.78, 5) is 23.9. The number of pyridine rings is 1. The molecule has 0 fully saturated rings. The van der Waals surface area contributed by atoms with E-state index in [0.29, 0.717) is 10.2 Å². The Labute approximate surface area is 76.9 Å². The number of nitrogens with two attached hydrogens (primary N) is 1. The highest BCUT2D eigenvalue weighted by molar-refractivity contribution is 9.10. The number of carbonyl (C=O) groups excluding carboxylic acids is 1. The Hall–Kier alpha value is -1.10. The summed E-state index contributed by atoms with van der Waals surface area (Å²) in [7, 11) is 0. The largest absolute Gasteiger partial charge is 0.369 e. The number of aromatic nitrogens is 1. The molecule has 1 rings (SSSR count). The number of primary amides is 1. The fourth-order valence-electron chi connectivity index (χ4n) is 0.787. The van der Waals surface area contributed by atoms with Crippen LogP contribution in [0.5, 0.6) is 0 Å². The summed E-state index contributed by atoms with van der Waals surface area (Å²) < 4.78 is 0.440. The number of aromatic amines is 1. The fraction of sp³-hybridized carbons (Fsp3) is 0.143. The van der Waals surface area contributed by atoms with Crippen LogP contribution in [0.3, 0.4) is 0 Å². The first kappa shape index (κ1) is 8.99. The molecule has 1 aromatic heterocycles. The van der Waals surface area contributed by atoms with Crippen molar-refractivity contribution >= 4 is 21.8 Å². The first-order valence-electron chi connectivity index (χ1n) is 3.25. The van der Waals surface area contributed by atoms with E-state index in [1.165, 1.54) is 0 Å². The molecule has 0 aliphatic carbocycles. The zero-order chi connectivity index (χ0) is 9.14. The lowest BCUT2D eigenvalue weighted by atomic mass is 10.3. The van der Waals surface area contributed by atoms with Crippen LogP contribution in [0.1, 0.15) is 5.69 Å². The molecule has 5 heteroatoms. The maximum Gasteiger partial charge on any atom is 0.262 e. The predicted octanol–water partition coefficient (Wildman–Crippen LogP) is 0.165. The van der Waals surface area contributed by atoms with Crippen molar-refractivity contribution in [1.82, 2.24) is 4.98 Å². The fourth-order valence-corrected chi connectivity index (χ4v) is 1.02. The third-order valence-electron chi connectivity index (χ3n) is 1.29. The normalized spacial score (nSPS) is 9.75. The van der Waals surface area contributed by atoms with Crippen LogP contribution >= 0.6 is 15.9 Å². The van der Waals surface area contributed by atoms with E-state index in [2.05, 4.69) is 20.9 Å². The van der Waals surface area contributed by atoms with Crippen molar-refractivity contribution in [2.75, 3.05) is 0 Å². The van der Waals surface area contributed by atoms with Gasteiger partial charge in [0.15, 0.2) is 0 Å². The average Bonchev–Trinajstić information content (AvgIpc) is 1.96. The van der Waals surface area contributed by atoms with Gasteiger partial charge in [-0.1, -0.05) is 0 Å². The van der Waals surface area contributed by atoms with Crippen LogP contribution in [0.25, 0.3) is 0 Å². The Kier molecular flexibility index (Phi) is 2.65. The van der Waals surface area contributed by atoms with Gasteiger partial charge >= 0.3 is 0 Å². The number of amides is 1. The monoisotopic (exact) mass is 230 g/mol. The number of hydrogen-bond acceptors (Lipinski definition) is 2. The lowest BCUT2D eigenvalue weighted by molar-refractivity contribution is -0.117. The van der Waals surface area contributed by atoms with Crippen LogP contribution < -0.4 is 11.3 Å². The van der Waals surface area contributed by atoms with Crippen molar-refractivity contribution in [1.29, 1.82) is 0 Å². The molecule has 1 amide bonds. The first-order valence-corrected chi connectivity index (χ1v) is 4.05. The van der Waals surface area contributed by atoms with Crippen LogP contribution in [-0.2, 0) is 11.2 Å². The summed E-state index contributed by atoms with van der Waals surface area (Å²) in [6.07, 6.45) is 0.0581. The second kappa shape index (κ2) is 3.53. The van der Waals surface area contributed by atoms with Gasteiger partial charge in [0.2, 0.25) is 5.91 Å². The van der Waals surface area contributed by atoms with Gasteiger partial charge in [-0.25, -0.2) is 0 Å². The Morgan fingerprint density at radius 3 is 2.75 bits per heavy atom. The Bertz CT molecular complexity index is 359. The Morgan fingerprint density at radius 1 is 1.58 bits per heavy atom. The molecule has 4 nitrogen and oxygen atoms in total. The van der Waals surface area contributed by atoms with Crippen LogP contribution in [0, 0.1) is 0 Å². The van der Waals surface area contributed by atoms with Gasteiger partial charge in [-0.15, -0.1) is 0 Å². The van der Waals surface area contributed by atoms with E-state index in [1.54, 1.807) is 12.1 Å². The molecule has 1 heterocycles. The van der Waals surface area contributed by atoms with E-state index in [-0.39, 0.29) is 12.0 Å². The second-order valence-corrected chi connectivity index (χ2v) is 3.16. The molecule has 1 aromatic rings. The summed E-state index contributed by atoms with van der Waals surface area (Å²) in [6, 6.07) is 3.22. The van der Waals surface area contributed by atoms with Gasteiger partial charge < -0.3 is 10.7 Å². The Balaban J connectivity index is 2.97. The molecule has 0 aliphatic rings. The number of nitrogens with one attached hydrogen (secondary N) is 1. The molecule has 3 N–H and O–H groups in total. The summed E-state index contributed by atoms with van der Waals surface area (Å²) >= 11 is 3.04. The van der Waals surface area contributed by atoms with Crippen molar-refractivity contribution in [3.8, 4) is 0 Å². The molecule has 0 unspecified atom stereocenters. The molecular formula is C7H7BrN2O2. The molecule has 0 aliphatic heterocycles. The number of rotatable bonds is 2. The highest BCUT2D eigenvalue weighted by atomic mass is 79.9. The van der Waals surface area contributed by atoms with E-state index in [1.807, 2.05) is 0 Å². The molecule has 0 saturated heterocycles. The topological polar surface area (TPSA) is 76.0 Å². The maximum atomic E-state index is 11.0. The van der Waals surface area contributed by atoms with Crippen molar-refractivity contribution in [2.24, 2.45) is 5.73 Å². The minimum absolute atomic E-state index is 0.0581. The molecule has 0 radical (unpaired) electrons. The van der Waals surface area contributed by atoms with Gasteiger partial charge in [0.05, 0.1) is 10.9 Å². The van der Waals surface area contributed by atoms with Crippen molar-refractivity contribution in [2.45, 2.75) is 6.42 Å². The van der Waals surface area contributed by atoms with Gasteiger partial charge in [-0.3, -0.25) is 9.59 Å². The van der Waals surface area contributed by atoms with Gasteiger partial charge in [-0.2, -0.15) is 0 Å². The molecule has 0 aromatic carbocycles. The molecule has 12 heavy (non-hydrogen) atoms. The van der Waals surface area contributed by atoms with Gasteiger partial charge in [0, 0.05) is 5.69 Å². The standard InChI is InChI=1S/C7H7BrN2O2/c8-5-2-1-4(3-6(9)11)10-7(5)12/h1-2H,3H2,(H2,9,11)(H,10,12). The number of hydrogen-bond donors (Lipinski definition) is 2. The number of H-pyrrole nitrogens is 1. The third-order valence-corrected chi connectivity index (χ3v) is 1.91. The zero-order valence-corrected chi connectivity index (χ0v) is 7.72. The SMILES string of the molecule is NC(=O)Cc1ccc(Br)c(=O)[nH]1. The first-order chi connectivity index (χ1) is 5.59. The van der Waals surface area contributed by atoms with Crippen molar-refractivity contribution < 1.29 is 4.79 Å². The Morgan fingerprint density at radius 2 is 2.25 bits per heavy atom. The molecule has 0 saturated carbocycles. The molecule has 0 atom stereocenters. The van der Waals surface area contributed by atoms with Gasteiger partial charge in [-0.05, 0) is 28.1 Å². The van der Waals surface area contributed by atoms with E-state index >= 15 is 0 Å². The van der Waals surface area contributed by atoms with E-state index in [9.17, 15) is 9.59 Å². The smallest absolute Gasteiger partial charge is 0.262 e. The molecular weight excluding hydrogens is 224 g/mol. The molecule has 64 valence electrons. The van der Waals surface area contributed by atoms with Gasteiger partial charge in [0.25, 0.3) is 5.56 Å². The predicted molar refractivity (Wildman–Crippen MR) is 47.7 cm³/mol. The third kappa shape index (κ3) is 2.20. The zero-order valence-electron chi connectivity index (χ0n) is 6.13. The molecule has 0 bridgehead atoms. The lowest BCUT2D eigenvalue weighted by Crippen LogP contribution is -2.17. The average molecular weight is 231 g/mol. The summed E-state index contributed by atoms with van der Waals surface area (Å²) in [5, 5.41) is 0. The summed E-state index contributed by atoms with van der Waals surface area (Å²) in [6.45, 7) is 0. The maximum absolute atomic E-state index is 11.0. The highest BCUT2D eigenvalue weighted by Gasteiger charge is 2.00.